The monoisotopic (exact) mass is 261 g/mol. The number of furan rings is 1. The van der Waals surface area contributed by atoms with Crippen LogP contribution in [0.4, 0.5) is 5.00 Å². The zero-order valence-electron chi connectivity index (χ0n) is 9.65. The molecule has 18 heavy (non-hydrogen) atoms. The molecular formula is C11H11N5OS. The van der Waals surface area contributed by atoms with Crippen LogP contribution in [0.2, 0.25) is 0 Å². The summed E-state index contributed by atoms with van der Waals surface area (Å²) in [5.74, 6) is 1.68. The van der Waals surface area contributed by atoms with Crippen molar-refractivity contribution in [2.75, 3.05) is 5.32 Å². The topological polar surface area (TPSA) is 68.8 Å². The first-order valence-electron chi connectivity index (χ1n) is 5.39. The van der Waals surface area contributed by atoms with E-state index in [1.165, 1.54) is 11.5 Å². The van der Waals surface area contributed by atoms with Crippen LogP contribution in [0.15, 0.2) is 41.4 Å². The van der Waals surface area contributed by atoms with Crippen LogP contribution < -0.4 is 5.32 Å². The van der Waals surface area contributed by atoms with E-state index < -0.39 is 0 Å². The first kappa shape index (κ1) is 11.0. The number of imidazole rings is 1. The van der Waals surface area contributed by atoms with Crippen molar-refractivity contribution in [3.8, 4) is 0 Å². The molecule has 92 valence electrons. The van der Waals surface area contributed by atoms with Crippen molar-refractivity contribution in [3.05, 3.63) is 48.6 Å². The number of nitrogens with one attached hydrogen (secondary N) is 1. The zero-order chi connectivity index (χ0) is 12.4. The third-order valence-corrected chi connectivity index (χ3v) is 3.19. The smallest absolute Gasteiger partial charge is 0.144 e. The Hall–Kier alpha value is -2.15. The maximum atomic E-state index is 5.47. The van der Waals surface area contributed by atoms with Crippen molar-refractivity contribution in [2.24, 2.45) is 7.05 Å². The Morgan fingerprint density at radius 1 is 1.50 bits per heavy atom. The lowest BCUT2D eigenvalue weighted by Crippen LogP contribution is -2.15. The molecule has 6 nitrogen and oxygen atoms in total. The van der Waals surface area contributed by atoms with Crippen molar-refractivity contribution in [2.45, 2.75) is 6.04 Å². The lowest BCUT2D eigenvalue weighted by atomic mass is 10.2. The van der Waals surface area contributed by atoms with Crippen LogP contribution in [-0.2, 0) is 7.05 Å². The molecule has 3 aromatic heterocycles. The molecule has 0 radical (unpaired) electrons. The molecule has 3 heterocycles. The van der Waals surface area contributed by atoms with Crippen molar-refractivity contribution >= 4 is 16.5 Å². The molecule has 0 bridgehead atoms. The lowest BCUT2D eigenvalue weighted by Gasteiger charge is -2.15. The highest BCUT2D eigenvalue weighted by atomic mass is 32.1. The van der Waals surface area contributed by atoms with E-state index in [1.807, 2.05) is 29.9 Å². The Balaban J connectivity index is 1.97. The van der Waals surface area contributed by atoms with Gasteiger partial charge >= 0.3 is 0 Å². The average Bonchev–Trinajstić information content (AvgIpc) is 3.09. The summed E-state index contributed by atoms with van der Waals surface area (Å²) in [6.07, 6.45) is 7.00. The second kappa shape index (κ2) is 4.61. The predicted octanol–water partition coefficient (Wildman–Crippen LogP) is 2.07. The third-order valence-electron chi connectivity index (χ3n) is 2.59. The molecule has 0 fully saturated rings. The summed E-state index contributed by atoms with van der Waals surface area (Å²) in [5.41, 5.74) is 0. The van der Waals surface area contributed by atoms with E-state index in [0.29, 0.717) is 0 Å². The van der Waals surface area contributed by atoms with Crippen LogP contribution in [-0.4, -0.2) is 19.1 Å². The van der Waals surface area contributed by atoms with E-state index in [-0.39, 0.29) is 6.04 Å². The summed E-state index contributed by atoms with van der Waals surface area (Å²) >= 11 is 1.30. The van der Waals surface area contributed by atoms with E-state index >= 15 is 0 Å². The van der Waals surface area contributed by atoms with Gasteiger partial charge in [-0.05, 0) is 12.1 Å². The highest BCUT2D eigenvalue weighted by molar-refractivity contribution is 7.09. The molecular weight excluding hydrogens is 250 g/mol. The Morgan fingerprint density at radius 3 is 3.06 bits per heavy atom. The van der Waals surface area contributed by atoms with E-state index in [1.54, 1.807) is 18.7 Å². The second-order valence-corrected chi connectivity index (χ2v) is 4.56. The van der Waals surface area contributed by atoms with Gasteiger partial charge in [-0.1, -0.05) is 4.49 Å². The van der Waals surface area contributed by atoms with E-state index in [9.17, 15) is 0 Å². The molecule has 0 aliphatic heterocycles. The van der Waals surface area contributed by atoms with Crippen molar-refractivity contribution in [1.29, 1.82) is 0 Å². The standard InChI is InChI=1S/C11H11N5OS/c1-16-5-4-12-11(16)10(8-3-2-6-17-8)14-9-7-13-15-18-9/h2-7,10,14H,1H3. The minimum atomic E-state index is -0.151. The Labute approximate surface area is 107 Å². The summed E-state index contributed by atoms with van der Waals surface area (Å²) in [6.45, 7) is 0. The molecule has 1 atom stereocenters. The van der Waals surface area contributed by atoms with Crippen molar-refractivity contribution < 1.29 is 4.42 Å². The Bertz CT molecular complexity index is 601. The van der Waals surface area contributed by atoms with E-state index in [0.717, 1.165) is 16.6 Å². The Kier molecular flexibility index (Phi) is 2.81. The molecule has 0 amide bonds. The summed E-state index contributed by atoms with van der Waals surface area (Å²) in [6, 6.07) is 3.63. The number of hydrogen-bond donors (Lipinski definition) is 1. The zero-order valence-corrected chi connectivity index (χ0v) is 10.5. The minimum Gasteiger partial charge on any atom is -0.467 e. The maximum Gasteiger partial charge on any atom is 0.144 e. The van der Waals surface area contributed by atoms with Gasteiger partial charge in [-0.15, -0.1) is 5.10 Å². The first-order valence-corrected chi connectivity index (χ1v) is 6.16. The van der Waals surface area contributed by atoms with Crippen LogP contribution in [0.3, 0.4) is 0 Å². The van der Waals surface area contributed by atoms with Gasteiger partial charge in [0.2, 0.25) is 0 Å². The fraction of sp³-hybridized carbons (Fsp3) is 0.182. The molecule has 1 N–H and O–H groups in total. The van der Waals surface area contributed by atoms with E-state index in [2.05, 4.69) is 19.9 Å². The van der Waals surface area contributed by atoms with Gasteiger partial charge < -0.3 is 14.3 Å². The first-order chi connectivity index (χ1) is 8.84. The molecule has 7 heteroatoms. The van der Waals surface area contributed by atoms with Gasteiger partial charge in [-0.3, -0.25) is 0 Å². The summed E-state index contributed by atoms with van der Waals surface area (Å²) < 4.78 is 11.3. The number of rotatable bonds is 4. The summed E-state index contributed by atoms with van der Waals surface area (Å²) in [7, 11) is 1.95. The molecule has 0 saturated carbocycles. The van der Waals surface area contributed by atoms with Crippen molar-refractivity contribution in [3.63, 3.8) is 0 Å². The molecule has 0 saturated heterocycles. The van der Waals surface area contributed by atoms with Gasteiger partial charge in [0, 0.05) is 31.0 Å². The molecule has 0 spiro atoms. The number of aromatic nitrogens is 4. The largest absolute Gasteiger partial charge is 0.467 e. The number of nitrogens with zero attached hydrogens (tertiary/aromatic N) is 4. The van der Waals surface area contributed by atoms with E-state index in [4.69, 9.17) is 4.42 Å². The number of hydrogen-bond acceptors (Lipinski definition) is 6. The van der Waals surface area contributed by atoms with Crippen molar-refractivity contribution in [1.82, 2.24) is 19.1 Å². The molecule has 0 aliphatic carbocycles. The van der Waals surface area contributed by atoms with Crippen LogP contribution in [0.1, 0.15) is 17.6 Å². The number of aryl methyl sites for hydroxylation is 1. The normalized spacial score (nSPS) is 12.5. The second-order valence-electron chi connectivity index (χ2n) is 3.77. The van der Waals surface area contributed by atoms with Gasteiger partial charge in [0.05, 0.1) is 12.5 Å². The minimum absolute atomic E-state index is 0.151. The van der Waals surface area contributed by atoms with Crippen LogP contribution >= 0.6 is 11.5 Å². The quantitative estimate of drug-likeness (QED) is 0.778. The highest BCUT2D eigenvalue weighted by Gasteiger charge is 2.21. The third kappa shape index (κ3) is 2.00. The maximum absolute atomic E-state index is 5.47. The SMILES string of the molecule is Cn1ccnc1C(Nc1cnns1)c1ccco1. The molecule has 3 aromatic rings. The molecule has 3 rings (SSSR count). The molecule has 1 unspecified atom stereocenters. The molecule has 0 aromatic carbocycles. The van der Waals surface area contributed by atoms with Gasteiger partial charge in [-0.2, -0.15) is 0 Å². The number of anilines is 1. The lowest BCUT2D eigenvalue weighted by molar-refractivity contribution is 0.489. The highest BCUT2D eigenvalue weighted by Crippen LogP contribution is 2.26. The van der Waals surface area contributed by atoms with Gasteiger partial charge in [0.1, 0.15) is 22.6 Å². The van der Waals surface area contributed by atoms with Crippen LogP contribution in [0.25, 0.3) is 0 Å². The van der Waals surface area contributed by atoms with Gasteiger partial charge in [0.15, 0.2) is 0 Å². The Morgan fingerprint density at radius 2 is 2.44 bits per heavy atom. The van der Waals surface area contributed by atoms with Gasteiger partial charge in [0.25, 0.3) is 0 Å². The van der Waals surface area contributed by atoms with Gasteiger partial charge in [-0.25, -0.2) is 4.98 Å². The summed E-state index contributed by atoms with van der Waals surface area (Å²) in [5, 5.41) is 8.00. The molecule has 0 aliphatic rings. The predicted molar refractivity (Wildman–Crippen MR) is 67.3 cm³/mol. The average molecular weight is 261 g/mol. The fourth-order valence-electron chi connectivity index (χ4n) is 1.75. The van der Waals surface area contributed by atoms with Crippen LogP contribution in [0, 0.1) is 0 Å². The fourth-order valence-corrected chi connectivity index (χ4v) is 2.19. The van der Waals surface area contributed by atoms with Crippen LogP contribution in [0.5, 0.6) is 0 Å². The summed E-state index contributed by atoms with van der Waals surface area (Å²) in [4.78, 5) is 4.36.